The van der Waals surface area contributed by atoms with Crippen LogP contribution in [0.25, 0.3) is 5.69 Å². The molecule has 0 N–H and O–H groups in total. The molecule has 0 saturated carbocycles. The lowest BCUT2D eigenvalue weighted by Gasteiger charge is -2.28. The molecule has 3 aromatic rings. The average molecular weight is 569 g/mol. The van der Waals surface area contributed by atoms with Gasteiger partial charge in [0.1, 0.15) is 11.4 Å². The molecule has 0 spiro atoms. The number of hydrogen-bond acceptors (Lipinski definition) is 6. The number of aromatic nitrogens is 2. The van der Waals surface area contributed by atoms with Crippen molar-refractivity contribution in [2.45, 2.75) is 19.0 Å². The van der Waals surface area contributed by atoms with E-state index in [-0.39, 0.29) is 60.1 Å². The molecule has 4 rings (SSSR count). The van der Waals surface area contributed by atoms with E-state index < -0.39 is 23.7 Å². The number of anilines is 1. The van der Waals surface area contributed by atoms with Gasteiger partial charge in [0, 0.05) is 51.0 Å². The van der Waals surface area contributed by atoms with Crippen LogP contribution in [0.4, 0.5) is 18.9 Å². The van der Waals surface area contributed by atoms with Crippen LogP contribution in [0.15, 0.2) is 42.5 Å². The standard InChI is InChI=1S/C28H27F3N6O4/c1-34(2)25(38)17-6-8-18(9-7-17)36-15-12-20-23(27(36)40)37(33-24(20)28(29,30)31)22-11-10-19(41-4)16-21(22)26(39)35(3)14-5-13-32/h6-11,16H,5,12,14-15H2,1-4H3. The number of hydrogen-bond donors (Lipinski definition) is 0. The second kappa shape index (κ2) is 11.3. The van der Waals surface area contributed by atoms with Crippen molar-refractivity contribution in [2.75, 3.05) is 46.2 Å². The molecule has 1 aliphatic heterocycles. The van der Waals surface area contributed by atoms with Crippen LogP contribution in [0, 0.1) is 11.3 Å². The first kappa shape index (κ1) is 29.1. The Morgan fingerprint density at radius 2 is 1.78 bits per heavy atom. The van der Waals surface area contributed by atoms with E-state index in [0.717, 1.165) is 4.68 Å². The van der Waals surface area contributed by atoms with E-state index in [1.54, 1.807) is 26.2 Å². The Labute approximate surface area is 234 Å². The maximum Gasteiger partial charge on any atom is 0.435 e. The number of nitriles is 1. The third kappa shape index (κ3) is 5.58. The predicted octanol–water partition coefficient (Wildman–Crippen LogP) is 3.79. The van der Waals surface area contributed by atoms with Crippen LogP contribution >= 0.6 is 0 Å². The summed E-state index contributed by atoms with van der Waals surface area (Å²) in [5.74, 6) is -1.31. The summed E-state index contributed by atoms with van der Waals surface area (Å²) < 4.78 is 48.5. The summed E-state index contributed by atoms with van der Waals surface area (Å²) in [6.07, 6.45) is -4.95. The van der Waals surface area contributed by atoms with E-state index in [0.29, 0.717) is 11.3 Å². The molecule has 1 aromatic heterocycles. The summed E-state index contributed by atoms with van der Waals surface area (Å²) >= 11 is 0. The number of nitrogens with zero attached hydrogens (tertiary/aromatic N) is 6. The molecule has 0 aliphatic carbocycles. The maximum atomic E-state index is 14.1. The molecule has 10 nitrogen and oxygen atoms in total. The van der Waals surface area contributed by atoms with Gasteiger partial charge in [0.2, 0.25) is 0 Å². The summed E-state index contributed by atoms with van der Waals surface area (Å²) in [5.41, 5.74) is -1.14. The van der Waals surface area contributed by atoms with E-state index in [1.165, 1.54) is 59.2 Å². The van der Waals surface area contributed by atoms with Crippen molar-refractivity contribution < 1.29 is 32.3 Å². The van der Waals surface area contributed by atoms with E-state index >= 15 is 0 Å². The van der Waals surface area contributed by atoms with Gasteiger partial charge in [-0.2, -0.15) is 23.5 Å². The lowest BCUT2D eigenvalue weighted by molar-refractivity contribution is -0.141. The summed E-state index contributed by atoms with van der Waals surface area (Å²) in [6, 6.07) is 12.3. The topological polar surface area (TPSA) is 112 Å². The van der Waals surface area contributed by atoms with Crippen LogP contribution in [0.2, 0.25) is 0 Å². The fourth-order valence-electron chi connectivity index (χ4n) is 4.57. The molecule has 1 aliphatic rings. The third-order valence-corrected chi connectivity index (χ3v) is 6.69. The largest absolute Gasteiger partial charge is 0.497 e. The van der Waals surface area contributed by atoms with Crippen LogP contribution in [0.5, 0.6) is 5.75 Å². The number of carbonyl (C=O) groups excluding carboxylic acids is 3. The number of halogens is 3. The number of ether oxygens (including phenoxy) is 1. The van der Waals surface area contributed by atoms with Gasteiger partial charge in [-0.25, -0.2) is 4.68 Å². The minimum atomic E-state index is -4.85. The Morgan fingerprint density at radius 3 is 2.37 bits per heavy atom. The van der Waals surface area contributed by atoms with Gasteiger partial charge in [-0.05, 0) is 48.9 Å². The first-order chi connectivity index (χ1) is 19.4. The smallest absolute Gasteiger partial charge is 0.435 e. The van der Waals surface area contributed by atoms with Gasteiger partial charge in [0.25, 0.3) is 17.7 Å². The second-order valence-electron chi connectivity index (χ2n) is 9.56. The highest BCUT2D eigenvalue weighted by Crippen LogP contribution is 2.38. The molecule has 2 heterocycles. The Morgan fingerprint density at radius 1 is 1.10 bits per heavy atom. The van der Waals surface area contributed by atoms with E-state index in [4.69, 9.17) is 10.00 Å². The normalized spacial score (nSPS) is 12.9. The number of fused-ring (bicyclic) bond motifs is 1. The van der Waals surface area contributed by atoms with Crippen LogP contribution in [0.1, 0.15) is 48.9 Å². The van der Waals surface area contributed by atoms with Crippen LogP contribution in [0.3, 0.4) is 0 Å². The van der Waals surface area contributed by atoms with Crippen molar-refractivity contribution >= 4 is 23.4 Å². The number of benzene rings is 2. The number of rotatable bonds is 7. The minimum Gasteiger partial charge on any atom is -0.497 e. The number of alkyl halides is 3. The molecule has 0 bridgehead atoms. The van der Waals surface area contributed by atoms with Gasteiger partial charge < -0.3 is 19.4 Å². The maximum absolute atomic E-state index is 14.1. The van der Waals surface area contributed by atoms with Crippen LogP contribution < -0.4 is 9.64 Å². The van der Waals surface area contributed by atoms with E-state index in [2.05, 4.69) is 5.10 Å². The molecule has 41 heavy (non-hydrogen) atoms. The number of methoxy groups -OCH3 is 1. The van der Waals surface area contributed by atoms with Crippen LogP contribution in [-0.2, 0) is 12.6 Å². The fourth-order valence-corrected chi connectivity index (χ4v) is 4.57. The zero-order chi connectivity index (χ0) is 30.1. The summed E-state index contributed by atoms with van der Waals surface area (Å²) in [7, 11) is 6.04. The predicted molar refractivity (Wildman–Crippen MR) is 142 cm³/mol. The highest BCUT2D eigenvalue weighted by atomic mass is 19.4. The molecule has 0 atom stereocenters. The Hall–Kier alpha value is -4.86. The summed E-state index contributed by atoms with van der Waals surface area (Å²) in [6.45, 7) is 0.0307. The monoisotopic (exact) mass is 568 g/mol. The summed E-state index contributed by atoms with van der Waals surface area (Å²) in [5, 5.41) is 12.7. The van der Waals surface area contributed by atoms with Gasteiger partial charge in [0.15, 0.2) is 5.69 Å². The molecule has 0 fully saturated rings. The quantitative estimate of drug-likeness (QED) is 0.429. The highest BCUT2D eigenvalue weighted by Gasteiger charge is 2.44. The third-order valence-electron chi connectivity index (χ3n) is 6.69. The van der Waals surface area contributed by atoms with E-state index in [1.807, 2.05) is 6.07 Å². The molecule has 0 radical (unpaired) electrons. The van der Waals surface area contributed by atoms with Crippen molar-refractivity contribution in [3.63, 3.8) is 0 Å². The van der Waals surface area contributed by atoms with Gasteiger partial charge >= 0.3 is 6.18 Å². The lowest BCUT2D eigenvalue weighted by atomic mass is 10.0. The first-order valence-corrected chi connectivity index (χ1v) is 12.5. The van der Waals surface area contributed by atoms with Gasteiger partial charge in [-0.3, -0.25) is 14.4 Å². The highest BCUT2D eigenvalue weighted by molar-refractivity contribution is 6.08. The average Bonchev–Trinajstić information content (AvgIpc) is 3.36. The summed E-state index contributed by atoms with van der Waals surface area (Å²) in [4.78, 5) is 43.4. The second-order valence-corrected chi connectivity index (χ2v) is 9.56. The van der Waals surface area contributed by atoms with Crippen molar-refractivity contribution in [1.29, 1.82) is 5.26 Å². The van der Waals surface area contributed by atoms with Crippen molar-refractivity contribution in [2.24, 2.45) is 0 Å². The van der Waals surface area contributed by atoms with E-state index in [9.17, 15) is 27.6 Å². The molecule has 3 amide bonds. The molecule has 13 heteroatoms. The Kier molecular flexibility index (Phi) is 8.05. The SMILES string of the molecule is COc1ccc(-n2nc(C(F)(F)F)c3c2C(=O)N(c2ccc(C(=O)N(C)C)cc2)CC3)c(C(=O)N(C)CCC#N)c1. The van der Waals surface area contributed by atoms with Crippen LogP contribution in [-0.4, -0.2) is 78.6 Å². The number of amides is 3. The van der Waals surface area contributed by atoms with Gasteiger partial charge in [-0.1, -0.05) is 0 Å². The molecule has 0 unspecified atom stereocenters. The van der Waals surface area contributed by atoms with Crippen molar-refractivity contribution in [1.82, 2.24) is 19.6 Å². The zero-order valence-electron chi connectivity index (χ0n) is 22.8. The molecular weight excluding hydrogens is 541 g/mol. The van der Waals surface area contributed by atoms with Gasteiger partial charge in [-0.15, -0.1) is 0 Å². The first-order valence-electron chi connectivity index (χ1n) is 12.5. The van der Waals surface area contributed by atoms with Gasteiger partial charge in [0.05, 0.1) is 30.9 Å². The molecule has 214 valence electrons. The van der Waals surface area contributed by atoms with Crippen molar-refractivity contribution in [3.8, 4) is 17.5 Å². The fraction of sp³-hybridized carbons (Fsp3) is 0.321. The number of carbonyl (C=O) groups is 3. The Balaban J connectivity index is 1.85. The Bertz CT molecular complexity index is 1540. The molecule has 2 aromatic carbocycles. The lowest BCUT2D eigenvalue weighted by Crippen LogP contribution is -2.39. The molecular formula is C28H27F3N6O4. The molecule has 0 saturated heterocycles. The minimum absolute atomic E-state index is 0.0449. The zero-order valence-corrected chi connectivity index (χ0v) is 22.8. The van der Waals surface area contributed by atoms with Crippen molar-refractivity contribution in [3.05, 3.63) is 70.5 Å².